The predicted octanol–water partition coefficient (Wildman–Crippen LogP) is 2.68. The number of carbonyl (C=O) groups is 1. The number of carbonyl (C=O) groups excluding carboxylic acids is 1. The topological polar surface area (TPSA) is 63.1 Å². The average molecular weight is 382 g/mol. The van der Waals surface area contributed by atoms with E-state index >= 15 is 0 Å². The maximum Gasteiger partial charge on any atom is 0.254 e. The minimum atomic E-state index is -0.0673. The molecule has 1 amide bonds. The number of rotatable bonds is 6. The summed E-state index contributed by atoms with van der Waals surface area (Å²) in [6, 6.07) is 7.89. The molecule has 1 aliphatic rings. The van der Waals surface area contributed by atoms with Gasteiger partial charge in [0.1, 0.15) is 0 Å². The molecule has 0 spiro atoms. The van der Waals surface area contributed by atoms with Crippen LogP contribution in [0, 0.1) is 0 Å². The number of aromatic nitrogens is 3. The molecular weight excluding hydrogens is 358 g/mol. The van der Waals surface area contributed by atoms with Crippen molar-refractivity contribution in [3.8, 4) is 5.82 Å². The maximum atomic E-state index is 12.7. The van der Waals surface area contributed by atoms with Crippen LogP contribution in [0.3, 0.4) is 0 Å². The SMILES string of the molecule is CCc1c(C(=O)NCCN2CCc3sccc3C2)cnn1-c1ccccn1. The van der Waals surface area contributed by atoms with Crippen LogP contribution in [0.25, 0.3) is 5.82 Å². The van der Waals surface area contributed by atoms with Gasteiger partial charge in [0, 0.05) is 37.3 Å². The molecule has 4 rings (SSSR count). The van der Waals surface area contributed by atoms with Gasteiger partial charge in [0.25, 0.3) is 5.91 Å². The Balaban J connectivity index is 1.37. The second kappa shape index (κ2) is 8.02. The highest BCUT2D eigenvalue weighted by atomic mass is 32.1. The van der Waals surface area contributed by atoms with Gasteiger partial charge in [-0.3, -0.25) is 9.69 Å². The molecule has 0 fully saturated rings. The highest BCUT2D eigenvalue weighted by Crippen LogP contribution is 2.23. The van der Waals surface area contributed by atoms with E-state index < -0.39 is 0 Å². The van der Waals surface area contributed by atoms with E-state index in [4.69, 9.17) is 0 Å². The maximum absolute atomic E-state index is 12.7. The zero-order valence-corrected chi connectivity index (χ0v) is 16.2. The lowest BCUT2D eigenvalue weighted by Gasteiger charge is -2.26. The monoisotopic (exact) mass is 381 g/mol. The second-order valence-electron chi connectivity index (χ2n) is 6.61. The Labute approximate surface area is 162 Å². The van der Waals surface area contributed by atoms with Crippen molar-refractivity contribution in [3.63, 3.8) is 0 Å². The number of nitrogens with zero attached hydrogens (tertiary/aromatic N) is 4. The summed E-state index contributed by atoms with van der Waals surface area (Å²) in [6.45, 7) is 5.56. The number of thiophene rings is 1. The van der Waals surface area contributed by atoms with E-state index in [1.807, 2.05) is 36.5 Å². The lowest BCUT2D eigenvalue weighted by molar-refractivity contribution is 0.0946. The highest BCUT2D eigenvalue weighted by molar-refractivity contribution is 7.10. The molecule has 0 atom stereocenters. The van der Waals surface area contributed by atoms with Crippen LogP contribution < -0.4 is 5.32 Å². The summed E-state index contributed by atoms with van der Waals surface area (Å²) >= 11 is 1.85. The number of hydrogen-bond donors (Lipinski definition) is 1. The van der Waals surface area contributed by atoms with Crippen molar-refractivity contribution in [1.29, 1.82) is 0 Å². The van der Waals surface area contributed by atoms with Gasteiger partial charge in [0.2, 0.25) is 0 Å². The standard InChI is InChI=1S/C20H23N5OS/c1-2-17-16(13-23-25(17)19-5-3-4-8-21-19)20(26)22-9-11-24-10-6-18-15(14-24)7-12-27-18/h3-5,7-8,12-13H,2,6,9-11,14H2,1H3,(H,22,26). The molecule has 1 aliphatic heterocycles. The number of pyridine rings is 1. The fourth-order valence-electron chi connectivity index (χ4n) is 3.50. The first kappa shape index (κ1) is 17.9. The Morgan fingerprint density at radius 2 is 2.26 bits per heavy atom. The van der Waals surface area contributed by atoms with E-state index in [1.54, 1.807) is 17.1 Å². The van der Waals surface area contributed by atoms with Gasteiger partial charge in [-0.1, -0.05) is 13.0 Å². The third-order valence-corrected chi connectivity index (χ3v) is 5.94. The number of nitrogens with one attached hydrogen (secondary N) is 1. The molecule has 0 saturated heterocycles. The number of hydrogen-bond acceptors (Lipinski definition) is 5. The van der Waals surface area contributed by atoms with E-state index in [2.05, 4.69) is 31.7 Å². The van der Waals surface area contributed by atoms with Gasteiger partial charge >= 0.3 is 0 Å². The minimum Gasteiger partial charge on any atom is -0.351 e. The van der Waals surface area contributed by atoms with Crippen LogP contribution in [-0.4, -0.2) is 45.2 Å². The van der Waals surface area contributed by atoms with Crippen molar-refractivity contribution in [1.82, 2.24) is 25.0 Å². The fourth-order valence-corrected chi connectivity index (χ4v) is 4.39. The Bertz CT molecular complexity index is 918. The molecule has 1 N–H and O–H groups in total. The molecule has 4 heterocycles. The third-order valence-electron chi connectivity index (χ3n) is 4.91. The first-order valence-corrected chi connectivity index (χ1v) is 10.2. The van der Waals surface area contributed by atoms with Gasteiger partial charge in [-0.15, -0.1) is 11.3 Å². The normalized spacial score (nSPS) is 14.1. The van der Waals surface area contributed by atoms with Crippen LogP contribution in [0.5, 0.6) is 0 Å². The highest BCUT2D eigenvalue weighted by Gasteiger charge is 2.19. The van der Waals surface area contributed by atoms with Gasteiger partial charge in [-0.25, -0.2) is 9.67 Å². The van der Waals surface area contributed by atoms with Crippen LogP contribution in [0.1, 0.15) is 33.4 Å². The first-order chi connectivity index (χ1) is 13.3. The third kappa shape index (κ3) is 3.79. The van der Waals surface area contributed by atoms with Gasteiger partial charge in [-0.05, 0) is 42.0 Å². The summed E-state index contributed by atoms with van der Waals surface area (Å²) in [5, 5.41) is 9.60. The summed E-state index contributed by atoms with van der Waals surface area (Å²) < 4.78 is 1.75. The van der Waals surface area contributed by atoms with Crippen molar-refractivity contribution < 1.29 is 4.79 Å². The Morgan fingerprint density at radius 1 is 1.33 bits per heavy atom. The first-order valence-electron chi connectivity index (χ1n) is 9.30. The zero-order valence-electron chi connectivity index (χ0n) is 15.4. The van der Waals surface area contributed by atoms with Crippen LogP contribution >= 0.6 is 11.3 Å². The van der Waals surface area contributed by atoms with Crippen LogP contribution in [0.4, 0.5) is 0 Å². The summed E-state index contributed by atoms with van der Waals surface area (Å²) in [5.74, 6) is 0.663. The Hall–Kier alpha value is -2.51. The largest absolute Gasteiger partial charge is 0.351 e. The molecule has 27 heavy (non-hydrogen) atoms. The predicted molar refractivity (Wildman–Crippen MR) is 106 cm³/mol. The van der Waals surface area contributed by atoms with Crippen molar-refractivity contribution in [3.05, 3.63) is 63.7 Å². The molecule has 140 valence electrons. The average Bonchev–Trinajstić information content (AvgIpc) is 3.34. The minimum absolute atomic E-state index is 0.0673. The van der Waals surface area contributed by atoms with E-state index in [0.717, 1.165) is 37.6 Å². The van der Waals surface area contributed by atoms with Gasteiger partial charge < -0.3 is 5.32 Å². The van der Waals surface area contributed by atoms with Crippen LogP contribution in [0.15, 0.2) is 42.0 Å². The molecule has 0 saturated carbocycles. The van der Waals surface area contributed by atoms with Crippen molar-refractivity contribution in [2.75, 3.05) is 19.6 Å². The molecule has 0 bridgehead atoms. The second-order valence-corrected chi connectivity index (χ2v) is 7.61. The van der Waals surface area contributed by atoms with Gasteiger partial charge in [0.05, 0.1) is 17.5 Å². The molecule has 7 heteroatoms. The van der Waals surface area contributed by atoms with E-state index in [9.17, 15) is 4.79 Å². The molecule has 0 unspecified atom stereocenters. The van der Waals surface area contributed by atoms with E-state index in [1.165, 1.54) is 10.4 Å². The summed E-state index contributed by atoms with van der Waals surface area (Å²) in [4.78, 5) is 20.9. The Kier molecular flexibility index (Phi) is 5.31. The van der Waals surface area contributed by atoms with Crippen LogP contribution in [0.2, 0.25) is 0 Å². The summed E-state index contributed by atoms with van der Waals surface area (Å²) in [7, 11) is 0. The van der Waals surface area contributed by atoms with Crippen LogP contribution in [-0.2, 0) is 19.4 Å². The van der Waals surface area contributed by atoms with Crippen molar-refractivity contribution >= 4 is 17.2 Å². The molecule has 6 nitrogen and oxygen atoms in total. The van der Waals surface area contributed by atoms with Crippen molar-refractivity contribution in [2.45, 2.75) is 26.3 Å². The van der Waals surface area contributed by atoms with Crippen molar-refractivity contribution in [2.24, 2.45) is 0 Å². The smallest absolute Gasteiger partial charge is 0.254 e. The molecular formula is C20H23N5OS. The van der Waals surface area contributed by atoms with Gasteiger partial charge in [0.15, 0.2) is 5.82 Å². The lowest BCUT2D eigenvalue weighted by Crippen LogP contribution is -2.37. The quantitative estimate of drug-likeness (QED) is 0.713. The molecule has 0 radical (unpaired) electrons. The number of fused-ring (bicyclic) bond motifs is 1. The van der Waals surface area contributed by atoms with E-state index in [0.29, 0.717) is 18.5 Å². The van der Waals surface area contributed by atoms with Gasteiger partial charge in [-0.2, -0.15) is 5.10 Å². The molecule has 0 aromatic carbocycles. The van der Waals surface area contributed by atoms with E-state index in [-0.39, 0.29) is 5.91 Å². The lowest BCUT2D eigenvalue weighted by atomic mass is 10.1. The molecule has 3 aromatic heterocycles. The fraction of sp³-hybridized carbons (Fsp3) is 0.350. The summed E-state index contributed by atoms with van der Waals surface area (Å²) in [5.41, 5.74) is 2.94. The number of amides is 1. The molecule has 0 aliphatic carbocycles. The zero-order chi connectivity index (χ0) is 18.6. The Morgan fingerprint density at radius 3 is 3.07 bits per heavy atom. The summed E-state index contributed by atoms with van der Waals surface area (Å²) in [6.07, 6.45) is 5.19. The molecule has 3 aromatic rings.